The first-order valence-electron chi connectivity index (χ1n) is 5.66. The smallest absolute Gasteiger partial charge is 0.00180 e. The number of rotatable bonds is 6. The van der Waals surface area contributed by atoms with Gasteiger partial charge in [0.2, 0.25) is 0 Å². The second-order valence-corrected chi connectivity index (χ2v) is 4.30. The van der Waals surface area contributed by atoms with E-state index >= 15 is 0 Å². The number of unbranched alkanes of at least 4 members (excludes halogenated alkanes) is 1. The van der Waals surface area contributed by atoms with Gasteiger partial charge in [0.05, 0.1) is 0 Å². The standard InChI is InChI=1S/C12H23N/c1-3-4-5-9-13-10-12-8-6-7-11(12)2/h3,11-13H,1,4-10H2,2H3. The molecule has 13 heavy (non-hydrogen) atoms. The Balaban J connectivity index is 1.95. The van der Waals surface area contributed by atoms with Crippen molar-refractivity contribution in [2.45, 2.75) is 39.0 Å². The van der Waals surface area contributed by atoms with Gasteiger partial charge in [0.25, 0.3) is 0 Å². The highest BCUT2D eigenvalue weighted by Gasteiger charge is 2.22. The van der Waals surface area contributed by atoms with Crippen LogP contribution in [0, 0.1) is 11.8 Å². The van der Waals surface area contributed by atoms with Crippen molar-refractivity contribution in [2.75, 3.05) is 13.1 Å². The van der Waals surface area contributed by atoms with Gasteiger partial charge in [-0.2, -0.15) is 0 Å². The minimum Gasteiger partial charge on any atom is -0.316 e. The van der Waals surface area contributed by atoms with Crippen molar-refractivity contribution in [1.29, 1.82) is 0 Å². The van der Waals surface area contributed by atoms with Gasteiger partial charge in [0.15, 0.2) is 0 Å². The molecule has 0 bridgehead atoms. The van der Waals surface area contributed by atoms with Gasteiger partial charge < -0.3 is 5.32 Å². The maximum atomic E-state index is 3.72. The summed E-state index contributed by atoms with van der Waals surface area (Å²) >= 11 is 0. The number of allylic oxidation sites excluding steroid dienone is 1. The fourth-order valence-corrected chi connectivity index (χ4v) is 2.18. The third kappa shape index (κ3) is 3.95. The Morgan fingerprint density at radius 2 is 2.31 bits per heavy atom. The lowest BCUT2D eigenvalue weighted by Crippen LogP contribution is -2.25. The number of nitrogens with one attached hydrogen (secondary N) is 1. The number of hydrogen-bond donors (Lipinski definition) is 1. The third-order valence-electron chi connectivity index (χ3n) is 3.21. The summed E-state index contributed by atoms with van der Waals surface area (Å²) in [5, 5.41) is 3.54. The molecule has 0 aliphatic heterocycles. The van der Waals surface area contributed by atoms with Crippen LogP contribution in [0.1, 0.15) is 39.0 Å². The molecule has 0 heterocycles. The van der Waals surface area contributed by atoms with Gasteiger partial charge in [0, 0.05) is 0 Å². The van der Waals surface area contributed by atoms with Crippen molar-refractivity contribution in [3.8, 4) is 0 Å². The maximum Gasteiger partial charge on any atom is -0.00180 e. The van der Waals surface area contributed by atoms with Gasteiger partial charge in [-0.05, 0) is 44.2 Å². The zero-order valence-corrected chi connectivity index (χ0v) is 8.89. The summed E-state index contributed by atoms with van der Waals surface area (Å²) in [5.41, 5.74) is 0. The van der Waals surface area contributed by atoms with E-state index in [9.17, 15) is 0 Å². The first-order valence-corrected chi connectivity index (χ1v) is 5.66. The van der Waals surface area contributed by atoms with E-state index in [4.69, 9.17) is 0 Å². The van der Waals surface area contributed by atoms with Gasteiger partial charge in [-0.3, -0.25) is 0 Å². The van der Waals surface area contributed by atoms with E-state index in [1.807, 2.05) is 6.08 Å². The van der Waals surface area contributed by atoms with Crippen LogP contribution in [0.2, 0.25) is 0 Å². The molecule has 76 valence electrons. The Morgan fingerprint density at radius 3 is 2.92 bits per heavy atom. The average molecular weight is 181 g/mol. The molecular formula is C12H23N. The Labute approximate surface area is 82.6 Å². The van der Waals surface area contributed by atoms with Crippen LogP contribution < -0.4 is 5.32 Å². The van der Waals surface area contributed by atoms with E-state index < -0.39 is 0 Å². The Hall–Kier alpha value is -0.300. The lowest BCUT2D eigenvalue weighted by Gasteiger charge is -2.15. The normalized spacial score (nSPS) is 27.8. The van der Waals surface area contributed by atoms with Crippen molar-refractivity contribution in [1.82, 2.24) is 5.32 Å². The van der Waals surface area contributed by atoms with Crippen LogP contribution in [0.15, 0.2) is 12.7 Å². The van der Waals surface area contributed by atoms with Crippen LogP contribution in [0.25, 0.3) is 0 Å². The van der Waals surface area contributed by atoms with Crippen LogP contribution in [0.4, 0.5) is 0 Å². The minimum absolute atomic E-state index is 0.948. The van der Waals surface area contributed by atoms with E-state index in [-0.39, 0.29) is 0 Å². The third-order valence-corrected chi connectivity index (χ3v) is 3.21. The van der Waals surface area contributed by atoms with Crippen molar-refractivity contribution in [2.24, 2.45) is 11.8 Å². The monoisotopic (exact) mass is 181 g/mol. The first kappa shape index (κ1) is 10.8. The van der Waals surface area contributed by atoms with Crippen LogP contribution >= 0.6 is 0 Å². The largest absolute Gasteiger partial charge is 0.316 e. The fourth-order valence-electron chi connectivity index (χ4n) is 2.18. The molecule has 1 aliphatic rings. The molecule has 2 atom stereocenters. The average Bonchev–Trinajstić information content (AvgIpc) is 2.52. The molecular weight excluding hydrogens is 158 g/mol. The summed E-state index contributed by atoms with van der Waals surface area (Å²) in [5.74, 6) is 1.90. The molecule has 0 radical (unpaired) electrons. The highest BCUT2D eigenvalue weighted by atomic mass is 14.9. The molecule has 0 aromatic rings. The minimum atomic E-state index is 0.948. The van der Waals surface area contributed by atoms with Crippen LogP contribution in [0.5, 0.6) is 0 Å². The van der Waals surface area contributed by atoms with E-state index in [1.54, 1.807) is 0 Å². The van der Waals surface area contributed by atoms with Crippen molar-refractivity contribution in [3.63, 3.8) is 0 Å². The lowest BCUT2D eigenvalue weighted by atomic mass is 9.98. The SMILES string of the molecule is C=CCCCNCC1CCCC1C. The molecule has 1 aliphatic carbocycles. The lowest BCUT2D eigenvalue weighted by molar-refractivity contribution is 0.392. The molecule has 1 nitrogen and oxygen atoms in total. The fraction of sp³-hybridized carbons (Fsp3) is 0.833. The quantitative estimate of drug-likeness (QED) is 0.490. The molecule has 1 rings (SSSR count). The zero-order valence-electron chi connectivity index (χ0n) is 8.89. The van der Waals surface area contributed by atoms with Crippen LogP contribution in [-0.4, -0.2) is 13.1 Å². The van der Waals surface area contributed by atoms with E-state index in [0.717, 1.165) is 24.8 Å². The summed E-state index contributed by atoms with van der Waals surface area (Å²) in [6.45, 7) is 8.51. The summed E-state index contributed by atoms with van der Waals surface area (Å²) in [6, 6.07) is 0. The van der Waals surface area contributed by atoms with Crippen molar-refractivity contribution >= 4 is 0 Å². The summed E-state index contributed by atoms with van der Waals surface area (Å²) in [6.07, 6.45) is 8.71. The molecule has 0 amide bonds. The van der Waals surface area contributed by atoms with Gasteiger partial charge in [-0.15, -0.1) is 6.58 Å². The van der Waals surface area contributed by atoms with Crippen LogP contribution in [-0.2, 0) is 0 Å². The van der Waals surface area contributed by atoms with E-state index in [0.29, 0.717) is 0 Å². The first-order chi connectivity index (χ1) is 6.34. The van der Waals surface area contributed by atoms with E-state index in [1.165, 1.54) is 32.2 Å². The molecule has 0 saturated heterocycles. The van der Waals surface area contributed by atoms with Gasteiger partial charge in [-0.1, -0.05) is 25.8 Å². The molecule has 1 saturated carbocycles. The van der Waals surface area contributed by atoms with Crippen molar-refractivity contribution in [3.05, 3.63) is 12.7 Å². The summed E-state index contributed by atoms with van der Waals surface area (Å²) in [4.78, 5) is 0. The Kier molecular flexibility index (Phi) is 5.14. The molecule has 1 fully saturated rings. The summed E-state index contributed by atoms with van der Waals surface area (Å²) < 4.78 is 0. The predicted octanol–water partition coefficient (Wildman–Crippen LogP) is 2.98. The number of hydrogen-bond acceptors (Lipinski definition) is 1. The van der Waals surface area contributed by atoms with Gasteiger partial charge in [0.1, 0.15) is 0 Å². The molecule has 1 N–H and O–H groups in total. The molecule has 2 unspecified atom stereocenters. The zero-order chi connectivity index (χ0) is 9.52. The van der Waals surface area contributed by atoms with Gasteiger partial charge >= 0.3 is 0 Å². The highest BCUT2D eigenvalue weighted by Crippen LogP contribution is 2.30. The van der Waals surface area contributed by atoms with Gasteiger partial charge in [-0.25, -0.2) is 0 Å². The maximum absolute atomic E-state index is 3.72. The predicted molar refractivity (Wildman–Crippen MR) is 58.8 cm³/mol. The Morgan fingerprint density at radius 1 is 1.46 bits per heavy atom. The molecule has 0 aromatic heterocycles. The molecule has 0 spiro atoms. The highest BCUT2D eigenvalue weighted by molar-refractivity contribution is 4.76. The second kappa shape index (κ2) is 6.20. The van der Waals surface area contributed by atoms with Crippen LogP contribution in [0.3, 0.4) is 0 Å². The Bertz CT molecular complexity index is 142. The molecule has 1 heteroatoms. The second-order valence-electron chi connectivity index (χ2n) is 4.30. The van der Waals surface area contributed by atoms with Crippen molar-refractivity contribution < 1.29 is 0 Å². The topological polar surface area (TPSA) is 12.0 Å². The summed E-state index contributed by atoms with van der Waals surface area (Å²) in [7, 11) is 0. The van der Waals surface area contributed by atoms with E-state index in [2.05, 4.69) is 18.8 Å². The molecule has 0 aromatic carbocycles.